The summed E-state index contributed by atoms with van der Waals surface area (Å²) in [7, 11) is 1.85. The van der Waals surface area contributed by atoms with E-state index in [4.69, 9.17) is 16.2 Å². The zero-order chi connectivity index (χ0) is 26.7. The van der Waals surface area contributed by atoms with E-state index in [1.165, 1.54) is 30.6 Å². The van der Waals surface area contributed by atoms with Crippen LogP contribution in [0, 0.1) is 35.7 Å². The molecule has 3 N–H and O–H groups in total. The molecular weight excluding hydrogens is 483 g/mol. The summed E-state index contributed by atoms with van der Waals surface area (Å²) in [5.74, 6) is 2.08. The highest BCUT2D eigenvalue weighted by Crippen LogP contribution is 2.31. The fraction of sp³-hybridized carbons (Fsp3) is 0.480. The summed E-state index contributed by atoms with van der Waals surface area (Å²) < 4.78 is 43.1. The van der Waals surface area contributed by atoms with Gasteiger partial charge in [-0.25, -0.2) is 18.2 Å². The fourth-order valence-electron chi connectivity index (χ4n) is 5.08. The third-order valence-electron chi connectivity index (χ3n) is 6.92. The van der Waals surface area contributed by atoms with Crippen molar-refractivity contribution in [2.24, 2.45) is 29.1 Å². The first kappa shape index (κ1) is 26.4. The average molecular weight is 516 g/mol. The van der Waals surface area contributed by atoms with Crippen molar-refractivity contribution in [1.82, 2.24) is 19.7 Å². The van der Waals surface area contributed by atoms with Gasteiger partial charge in [-0.15, -0.1) is 0 Å². The molecule has 198 valence electrons. The Hall–Kier alpha value is -3.70. The minimum absolute atomic E-state index is 0.121. The Morgan fingerprint density at radius 3 is 2.46 bits per heavy atom. The van der Waals surface area contributed by atoms with Gasteiger partial charge in [0.25, 0.3) is 0 Å². The van der Waals surface area contributed by atoms with E-state index >= 15 is 0 Å². The zero-order valence-corrected chi connectivity index (χ0v) is 21.3. The molecule has 1 fully saturated rings. The molecule has 2 heterocycles. The topological polar surface area (TPSA) is 112 Å². The van der Waals surface area contributed by atoms with Crippen molar-refractivity contribution in [3.63, 3.8) is 0 Å². The highest BCUT2D eigenvalue weighted by molar-refractivity contribution is 5.82. The lowest BCUT2D eigenvalue weighted by Crippen LogP contribution is -2.33. The number of hydrogen-bond donors (Lipinski definition) is 2. The SMILES string of the molecule is CCN(CC1CCCC1)c1nc2c(cc1CN(Cc1cc(F)c(F)c(F)c1)C(=N)N=NN)c(C)nn2C. The molecule has 12 heteroatoms. The smallest absolute Gasteiger partial charge is 0.240 e. The fourth-order valence-corrected chi connectivity index (χ4v) is 5.08. The molecule has 0 aliphatic heterocycles. The largest absolute Gasteiger partial charge is 0.356 e. The molecule has 0 radical (unpaired) electrons. The molecule has 0 saturated heterocycles. The van der Waals surface area contributed by atoms with Gasteiger partial charge in [-0.05, 0) is 56.4 Å². The van der Waals surface area contributed by atoms with Gasteiger partial charge in [-0.3, -0.25) is 10.1 Å². The van der Waals surface area contributed by atoms with Crippen LogP contribution >= 0.6 is 0 Å². The minimum Gasteiger partial charge on any atom is -0.356 e. The summed E-state index contributed by atoms with van der Waals surface area (Å²) in [6, 6.07) is 3.80. The lowest BCUT2D eigenvalue weighted by Gasteiger charge is -2.30. The molecule has 1 saturated carbocycles. The van der Waals surface area contributed by atoms with Crippen molar-refractivity contribution < 1.29 is 13.2 Å². The zero-order valence-electron chi connectivity index (χ0n) is 21.3. The van der Waals surface area contributed by atoms with Gasteiger partial charge in [-0.2, -0.15) is 5.10 Å². The van der Waals surface area contributed by atoms with Crippen molar-refractivity contribution in [2.75, 3.05) is 18.0 Å². The lowest BCUT2D eigenvalue weighted by molar-refractivity contribution is 0.389. The molecule has 3 aromatic rings. The van der Waals surface area contributed by atoms with Gasteiger partial charge in [0.2, 0.25) is 5.96 Å². The molecular formula is C25H32F3N9. The summed E-state index contributed by atoms with van der Waals surface area (Å²) >= 11 is 0. The van der Waals surface area contributed by atoms with Gasteiger partial charge in [0, 0.05) is 44.2 Å². The number of benzene rings is 1. The normalized spacial score (nSPS) is 14.2. The Morgan fingerprint density at radius 2 is 1.84 bits per heavy atom. The molecule has 1 aromatic carbocycles. The van der Waals surface area contributed by atoms with Crippen LogP contribution in [-0.4, -0.2) is 38.7 Å². The van der Waals surface area contributed by atoms with Crippen LogP contribution in [0.25, 0.3) is 11.0 Å². The number of fused-ring (bicyclic) bond motifs is 1. The summed E-state index contributed by atoms with van der Waals surface area (Å²) in [6.45, 7) is 5.57. The van der Waals surface area contributed by atoms with Crippen molar-refractivity contribution in [1.29, 1.82) is 5.41 Å². The van der Waals surface area contributed by atoms with E-state index in [0.717, 1.165) is 53.3 Å². The van der Waals surface area contributed by atoms with E-state index in [2.05, 4.69) is 27.3 Å². The molecule has 1 aliphatic carbocycles. The van der Waals surface area contributed by atoms with Gasteiger partial charge < -0.3 is 15.6 Å². The van der Waals surface area contributed by atoms with Crippen LogP contribution in [0.2, 0.25) is 0 Å². The molecule has 0 bridgehead atoms. The quantitative estimate of drug-likeness (QED) is 0.110. The van der Waals surface area contributed by atoms with Crippen LogP contribution in [0.4, 0.5) is 19.0 Å². The summed E-state index contributed by atoms with van der Waals surface area (Å²) in [4.78, 5) is 8.69. The summed E-state index contributed by atoms with van der Waals surface area (Å²) in [5.41, 5.74) is 2.48. The Balaban J connectivity index is 1.76. The maximum Gasteiger partial charge on any atom is 0.240 e. The van der Waals surface area contributed by atoms with Crippen molar-refractivity contribution >= 4 is 22.8 Å². The van der Waals surface area contributed by atoms with E-state index in [1.807, 2.05) is 20.0 Å². The molecule has 37 heavy (non-hydrogen) atoms. The van der Waals surface area contributed by atoms with Gasteiger partial charge in [-0.1, -0.05) is 23.2 Å². The number of nitrogens with two attached hydrogens (primary N) is 1. The number of guanidine groups is 1. The predicted molar refractivity (Wildman–Crippen MR) is 135 cm³/mol. The number of aryl methyl sites for hydroxylation is 2. The number of pyridine rings is 1. The van der Waals surface area contributed by atoms with Crippen molar-refractivity contribution in [2.45, 2.75) is 52.6 Å². The first-order valence-electron chi connectivity index (χ1n) is 12.4. The van der Waals surface area contributed by atoms with Gasteiger partial charge in [0.05, 0.1) is 5.69 Å². The maximum absolute atomic E-state index is 13.9. The Kier molecular flexibility index (Phi) is 7.94. The second-order valence-corrected chi connectivity index (χ2v) is 9.51. The summed E-state index contributed by atoms with van der Waals surface area (Å²) in [5, 5.41) is 20.6. The van der Waals surface area contributed by atoms with E-state index in [9.17, 15) is 13.2 Å². The predicted octanol–water partition coefficient (Wildman–Crippen LogP) is 4.97. The lowest BCUT2D eigenvalue weighted by atomic mass is 10.1. The number of hydrogen-bond acceptors (Lipinski definition) is 5. The first-order valence-corrected chi connectivity index (χ1v) is 12.4. The van der Waals surface area contributed by atoms with Crippen LogP contribution in [0.1, 0.15) is 49.4 Å². The van der Waals surface area contributed by atoms with Gasteiger partial charge in [0.15, 0.2) is 23.1 Å². The third kappa shape index (κ3) is 5.67. The second-order valence-electron chi connectivity index (χ2n) is 9.51. The van der Waals surface area contributed by atoms with E-state index in [1.54, 1.807) is 4.68 Å². The third-order valence-corrected chi connectivity index (χ3v) is 6.92. The van der Waals surface area contributed by atoms with Crippen LogP contribution in [0.5, 0.6) is 0 Å². The number of rotatable bonds is 8. The standard InChI is InChI=1S/C25H32F3N9/c1-4-36(12-16-7-5-6-8-16)23-18(11-19-15(2)33-35(3)24(19)31-23)14-37(25(29)32-34-30)13-17-9-20(26)22(28)21(27)10-17/h9-11,16H,4-8,12-14H2,1-3H3,(H3,29,30,32). The van der Waals surface area contributed by atoms with Crippen LogP contribution in [-0.2, 0) is 20.1 Å². The molecule has 0 amide bonds. The second kappa shape index (κ2) is 11.1. The van der Waals surface area contributed by atoms with Gasteiger partial charge in [0.1, 0.15) is 5.82 Å². The monoisotopic (exact) mass is 515 g/mol. The Labute approximate surface area is 213 Å². The molecule has 2 aromatic heterocycles. The van der Waals surface area contributed by atoms with Gasteiger partial charge >= 0.3 is 0 Å². The molecule has 0 unspecified atom stereocenters. The van der Waals surface area contributed by atoms with Crippen molar-refractivity contribution in [3.8, 4) is 0 Å². The maximum atomic E-state index is 13.9. The molecule has 0 atom stereocenters. The molecule has 0 spiro atoms. The van der Waals surface area contributed by atoms with E-state index in [-0.39, 0.29) is 24.6 Å². The van der Waals surface area contributed by atoms with Crippen LogP contribution in [0.15, 0.2) is 28.5 Å². The number of halogens is 3. The first-order chi connectivity index (χ1) is 17.7. The molecule has 4 rings (SSSR count). The van der Waals surface area contributed by atoms with Crippen LogP contribution in [0.3, 0.4) is 0 Å². The highest BCUT2D eigenvalue weighted by Gasteiger charge is 2.24. The number of nitrogens with zero attached hydrogens (tertiary/aromatic N) is 7. The molecule has 9 nitrogen and oxygen atoms in total. The average Bonchev–Trinajstić information content (AvgIpc) is 3.47. The van der Waals surface area contributed by atoms with Crippen LogP contribution < -0.4 is 10.7 Å². The molecule has 1 aliphatic rings. The Morgan fingerprint density at radius 1 is 1.16 bits per heavy atom. The minimum atomic E-state index is -1.54. The number of nitrogens with one attached hydrogen (secondary N) is 1. The Bertz CT molecular complexity index is 1290. The highest BCUT2D eigenvalue weighted by atomic mass is 19.2. The van der Waals surface area contributed by atoms with E-state index < -0.39 is 17.5 Å². The number of anilines is 1. The van der Waals surface area contributed by atoms with Crippen molar-refractivity contribution in [3.05, 3.63) is 52.5 Å². The number of aromatic nitrogens is 3. The van der Waals surface area contributed by atoms with E-state index in [0.29, 0.717) is 5.92 Å². The summed E-state index contributed by atoms with van der Waals surface area (Å²) in [6.07, 6.45) is 4.80.